The van der Waals surface area contributed by atoms with Gasteiger partial charge in [-0.25, -0.2) is 0 Å². The van der Waals surface area contributed by atoms with Crippen molar-refractivity contribution in [1.82, 2.24) is 0 Å². The summed E-state index contributed by atoms with van der Waals surface area (Å²) in [6, 6.07) is -0.282. The fraction of sp³-hybridized carbons (Fsp3) is 0.667. The van der Waals surface area contributed by atoms with Crippen molar-refractivity contribution in [2.75, 3.05) is 0 Å². The van der Waals surface area contributed by atoms with Crippen LogP contribution in [0.1, 0.15) is 26.7 Å². The number of hydrogen-bond donors (Lipinski definition) is 3. The van der Waals surface area contributed by atoms with Crippen molar-refractivity contribution in [3.63, 3.8) is 0 Å². The molecule has 0 amide bonds. The Morgan fingerprint density at radius 2 is 1.93 bits per heavy atom. The van der Waals surface area contributed by atoms with Gasteiger partial charge in [-0.05, 0) is 20.3 Å². The van der Waals surface area contributed by atoms with E-state index in [4.69, 9.17) is 15.9 Å². The summed E-state index contributed by atoms with van der Waals surface area (Å²) in [5.74, 6) is -2.79. The maximum atomic E-state index is 10.7. The highest BCUT2D eigenvalue weighted by Crippen LogP contribution is 2.14. The van der Waals surface area contributed by atoms with Gasteiger partial charge in [0, 0.05) is 6.04 Å². The van der Waals surface area contributed by atoms with Gasteiger partial charge in [-0.3, -0.25) is 14.6 Å². The zero-order chi connectivity index (χ0) is 12.0. The number of nitrogens with zero attached hydrogens (tertiary/aromatic N) is 1. The summed E-state index contributed by atoms with van der Waals surface area (Å²) in [5.41, 5.74) is 5.33. The molecule has 0 fully saturated rings. The van der Waals surface area contributed by atoms with E-state index in [1.807, 2.05) is 0 Å². The van der Waals surface area contributed by atoms with Gasteiger partial charge < -0.3 is 15.9 Å². The molecule has 6 nitrogen and oxygen atoms in total. The number of nitrogens with two attached hydrogens (primary N) is 1. The second kappa shape index (κ2) is 6.00. The van der Waals surface area contributed by atoms with Crippen LogP contribution in [-0.2, 0) is 9.59 Å². The van der Waals surface area contributed by atoms with Gasteiger partial charge in [-0.15, -0.1) is 0 Å². The van der Waals surface area contributed by atoms with E-state index in [0.717, 1.165) is 0 Å². The van der Waals surface area contributed by atoms with Crippen LogP contribution in [0, 0.1) is 5.92 Å². The van der Waals surface area contributed by atoms with E-state index >= 15 is 0 Å². The van der Waals surface area contributed by atoms with Crippen LogP contribution < -0.4 is 5.73 Å². The van der Waals surface area contributed by atoms with E-state index in [9.17, 15) is 9.59 Å². The Labute approximate surface area is 87.8 Å². The van der Waals surface area contributed by atoms with Crippen LogP contribution in [0.2, 0.25) is 0 Å². The summed E-state index contributed by atoms with van der Waals surface area (Å²) >= 11 is 0. The Morgan fingerprint density at radius 3 is 2.27 bits per heavy atom. The minimum Gasteiger partial charge on any atom is -0.481 e. The van der Waals surface area contributed by atoms with Gasteiger partial charge >= 0.3 is 11.9 Å². The molecule has 0 aliphatic rings. The molecule has 86 valence electrons. The predicted molar refractivity (Wildman–Crippen MR) is 54.8 cm³/mol. The number of hydrogen-bond acceptors (Lipinski definition) is 3. The molecule has 0 aromatic rings. The number of rotatable bonds is 6. The Balaban J connectivity index is 4.35. The van der Waals surface area contributed by atoms with E-state index in [1.54, 1.807) is 13.8 Å². The highest BCUT2D eigenvalue weighted by Gasteiger charge is 2.23. The highest BCUT2D eigenvalue weighted by molar-refractivity contribution is 5.78. The third kappa shape index (κ3) is 6.48. The molecule has 0 bridgehead atoms. The van der Waals surface area contributed by atoms with Crippen LogP contribution in [0.5, 0.6) is 0 Å². The van der Waals surface area contributed by atoms with Gasteiger partial charge in [-0.1, -0.05) is 0 Å². The van der Waals surface area contributed by atoms with Gasteiger partial charge in [-0.2, -0.15) is 0 Å². The van der Waals surface area contributed by atoms with Gasteiger partial charge in [0.2, 0.25) is 0 Å². The zero-order valence-corrected chi connectivity index (χ0v) is 8.80. The quantitative estimate of drug-likeness (QED) is 0.437. The first-order chi connectivity index (χ1) is 6.82. The second-order valence-corrected chi connectivity index (χ2v) is 3.49. The number of carboxylic acids is 2. The summed E-state index contributed by atoms with van der Waals surface area (Å²) in [6.45, 7) is 3.30. The van der Waals surface area contributed by atoms with E-state index in [-0.39, 0.29) is 12.5 Å². The molecule has 15 heavy (non-hydrogen) atoms. The highest BCUT2D eigenvalue weighted by atomic mass is 16.4. The maximum absolute atomic E-state index is 10.7. The van der Waals surface area contributed by atoms with Crippen molar-refractivity contribution < 1.29 is 19.8 Å². The van der Waals surface area contributed by atoms with E-state index in [2.05, 4.69) is 4.99 Å². The standard InChI is InChI=1S/C9H16N2O4/c1-5(11-6(2)10)3-7(9(14)15)4-8(12)13/h5,7H,3-4H2,1-2H3,(H2,10,11)(H,12,13)(H,14,15). The van der Waals surface area contributed by atoms with Gasteiger partial charge in [0.25, 0.3) is 0 Å². The smallest absolute Gasteiger partial charge is 0.307 e. The molecular weight excluding hydrogens is 200 g/mol. The molecule has 0 aliphatic carbocycles. The van der Waals surface area contributed by atoms with Crippen molar-refractivity contribution >= 4 is 17.8 Å². The molecule has 6 heteroatoms. The Kier molecular flexibility index (Phi) is 5.36. The molecule has 2 atom stereocenters. The average Bonchev–Trinajstić information content (AvgIpc) is 1.99. The van der Waals surface area contributed by atoms with Crippen LogP contribution in [0.4, 0.5) is 0 Å². The van der Waals surface area contributed by atoms with E-state index < -0.39 is 24.3 Å². The Hall–Kier alpha value is -1.59. The number of carboxylic acid groups (broad SMARTS) is 2. The zero-order valence-electron chi connectivity index (χ0n) is 8.80. The first-order valence-electron chi connectivity index (χ1n) is 4.57. The fourth-order valence-corrected chi connectivity index (χ4v) is 1.29. The van der Waals surface area contributed by atoms with Crippen molar-refractivity contribution in [1.29, 1.82) is 0 Å². The number of aliphatic imine (C=N–C) groups is 1. The number of carbonyl (C=O) groups is 2. The van der Waals surface area contributed by atoms with Crippen molar-refractivity contribution in [2.45, 2.75) is 32.7 Å². The lowest BCUT2D eigenvalue weighted by atomic mass is 9.98. The molecular formula is C9H16N2O4. The van der Waals surface area contributed by atoms with E-state index in [1.165, 1.54) is 0 Å². The molecule has 0 aromatic carbocycles. The van der Waals surface area contributed by atoms with Crippen LogP contribution in [0.25, 0.3) is 0 Å². The SMILES string of the molecule is CC(N)=NC(C)CC(CC(=O)O)C(=O)O. The van der Waals surface area contributed by atoms with Crippen molar-refractivity contribution in [3.05, 3.63) is 0 Å². The minimum atomic E-state index is -1.12. The normalized spacial score (nSPS) is 15.7. The third-order valence-corrected chi connectivity index (χ3v) is 1.82. The molecule has 0 rings (SSSR count). The Morgan fingerprint density at radius 1 is 1.40 bits per heavy atom. The van der Waals surface area contributed by atoms with Gasteiger partial charge in [0.05, 0.1) is 18.2 Å². The largest absolute Gasteiger partial charge is 0.481 e. The summed E-state index contributed by atoms with van der Waals surface area (Å²) < 4.78 is 0. The van der Waals surface area contributed by atoms with Gasteiger partial charge in [0.15, 0.2) is 0 Å². The first-order valence-corrected chi connectivity index (χ1v) is 4.57. The Bertz CT molecular complexity index is 271. The topological polar surface area (TPSA) is 113 Å². The predicted octanol–water partition coefficient (Wildman–Crippen LogP) is 0.318. The maximum Gasteiger partial charge on any atom is 0.307 e. The summed E-state index contributed by atoms with van der Waals surface area (Å²) in [7, 11) is 0. The molecule has 2 unspecified atom stereocenters. The third-order valence-electron chi connectivity index (χ3n) is 1.82. The van der Waals surface area contributed by atoms with Crippen molar-refractivity contribution in [2.24, 2.45) is 16.6 Å². The van der Waals surface area contributed by atoms with Crippen LogP contribution >= 0.6 is 0 Å². The monoisotopic (exact) mass is 216 g/mol. The fourth-order valence-electron chi connectivity index (χ4n) is 1.29. The van der Waals surface area contributed by atoms with Gasteiger partial charge in [0.1, 0.15) is 0 Å². The van der Waals surface area contributed by atoms with E-state index in [0.29, 0.717) is 5.84 Å². The average molecular weight is 216 g/mol. The van der Waals surface area contributed by atoms with Crippen molar-refractivity contribution in [3.8, 4) is 0 Å². The molecule has 0 aromatic heterocycles. The molecule has 0 heterocycles. The lowest BCUT2D eigenvalue weighted by molar-refractivity contribution is -0.148. The molecule has 0 spiro atoms. The van der Waals surface area contributed by atoms with Crippen LogP contribution in [-0.4, -0.2) is 34.0 Å². The number of aliphatic carboxylic acids is 2. The number of amidine groups is 1. The molecule has 0 saturated carbocycles. The second-order valence-electron chi connectivity index (χ2n) is 3.49. The lowest BCUT2D eigenvalue weighted by Gasteiger charge is -2.12. The van der Waals surface area contributed by atoms with Crippen LogP contribution in [0.3, 0.4) is 0 Å². The first kappa shape index (κ1) is 13.4. The molecule has 0 radical (unpaired) electrons. The summed E-state index contributed by atoms with van der Waals surface area (Å²) in [4.78, 5) is 25.1. The lowest BCUT2D eigenvalue weighted by Crippen LogP contribution is -2.22. The molecule has 0 saturated heterocycles. The molecule has 0 aliphatic heterocycles. The summed E-state index contributed by atoms with van der Waals surface area (Å²) in [6.07, 6.45) is -0.213. The molecule has 4 N–H and O–H groups in total. The summed E-state index contributed by atoms with van der Waals surface area (Å²) in [5, 5.41) is 17.3. The minimum absolute atomic E-state index is 0.177. The van der Waals surface area contributed by atoms with Crippen LogP contribution in [0.15, 0.2) is 4.99 Å².